The maximum atomic E-state index is 12.9. The van der Waals surface area contributed by atoms with E-state index < -0.39 is 19.2 Å². The van der Waals surface area contributed by atoms with E-state index in [0.29, 0.717) is 17.7 Å². The minimum atomic E-state index is -3.40. The van der Waals surface area contributed by atoms with Gasteiger partial charge in [-0.2, -0.15) is 0 Å². The van der Waals surface area contributed by atoms with Gasteiger partial charge < -0.3 is 18.8 Å². The van der Waals surface area contributed by atoms with Crippen molar-refractivity contribution < 1.29 is 23.1 Å². The highest BCUT2D eigenvalue weighted by molar-refractivity contribution is 7.54. The summed E-state index contributed by atoms with van der Waals surface area (Å²) >= 11 is 0. The monoisotopic (exact) mass is 339 g/mol. The number of para-hydroxylation sites is 1. The highest BCUT2D eigenvalue weighted by Gasteiger charge is 2.38. The molecule has 0 spiro atoms. The van der Waals surface area contributed by atoms with Gasteiger partial charge in [0.05, 0.1) is 12.3 Å². The average molecular weight is 339 g/mol. The van der Waals surface area contributed by atoms with Gasteiger partial charge in [0, 0.05) is 30.7 Å². The van der Waals surface area contributed by atoms with Crippen molar-refractivity contribution in [2.75, 3.05) is 20.8 Å². The summed E-state index contributed by atoms with van der Waals surface area (Å²) in [6.07, 6.45) is 0.493. The molecule has 1 aromatic carbocycles. The van der Waals surface area contributed by atoms with E-state index in [2.05, 4.69) is 4.98 Å². The van der Waals surface area contributed by atoms with Gasteiger partial charge in [-0.25, -0.2) is 4.79 Å². The van der Waals surface area contributed by atoms with E-state index in [0.717, 1.165) is 10.9 Å². The van der Waals surface area contributed by atoms with Crippen LogP contribution in [0.15, 0.2) is 24.3 Å². The number of hydrogen-bond acceptors (Lipinski definition) is 5. The van der Waals surface area contributed by atoms with Gasteiger partial charge in [0.15, 0.2) is 0 Å². The van der Waals surface area contributed by atoms with E-state index in [9.17, 15) is 9.36 Å². The number of carbonyl (C=O) groups excluding carboxylic acids is 1. The van der Waals surface area contributed by atoms with Crippen LogP contribution in [0.1, 0.15) is 42.0 Å². The van der Waals surface area contributed by atoms with Crippen LogP contribution in [0.5, 0.6) is 0 Å². The Bertz CT molecular complexity index is 731. The lowest BCUT2D eigenvalue weighted by Crippen LogP contribution is -2.11. The zero-order chi connectivity index (χ0) is 17.0. The van der Waals surface area contributed by atoms with Gasteiger partial charge in [-0.1, -0.05) is 25.1 Å². The molecule has 0 aliphatic rings. The number of carbonyl (C=O) groups is 1. The van der Waals surface area contributed by atoms with Crippen LogP contribution in [-0.4, -0.2) is 31.8 Å². The molecule has 2 aromatic rings. The zero-order valence-corrected chi connectivity index (χ0v) is 14.7. The first-order chi connectivity index (χ1) is 11.0. The van der Waals surface area contributed by atoms with Crippen molar-refractivity contribution in [3.63, 3.8) is 0 Å². The second-order valence-corrected chi connectivity index (χ2v) is 7.44. The highest BCUT2D eigenvalue weighted by Crippen LogP contribution is 2.62. The summed E-state index contributed by atoms with van der Waals surface area (Å²) in [5, 5.41) is 0.816. The van der Waals surface area contributed by atoms with E-state index in [1.54, 1.807) is 6.92 Å². The Labute approximate surface area is 135 Å². The van der Waals surface area contributed by atoms with Crippen molar-refractivity contribution in [2.24, 2.45) is 0 Å². The topological polar surface area (TPSA) is 77.6 Å². The van der Waals surface area contributed by atoms with Crippen LogP contribution in [0.3, 0.4) is 0 Å². The van der Waals surface area contributed by atoms with E-state index in [1.807, 2.05) is 31.2 Å². The number of aromatic amines is 1. The second kappa shape index (κ2) is 7.30. The Hall–Kier alpha value is -1.62. The van der Waals surface area contributed by atoms with Gasteiger partial charge in [0.1, 0.15) is 5.69 Å². The minimum absolute atomic E-state index is 0.261. The van der Waals surface area contributed by atoms with E-state index in [-0.39, 0.29) is 6.61 Å². The molecule has 126 valence electrons. The van der Waals surface area contributed by atoms with Crippen LogP contribution in [0, 0.1) is 0 Å². The fraction of sp³-hybridized carbons (Fsp3) is 0.438. The predicted molar refractivity (Wildman–Crippen MR) is 88.9 cm³/mol. The fourth-order valence-corrected chi connectivity index (χ4v) is 4.48. The van der Waals surface area contributed by atoms with Crippen LogP contribution in [0.2, 0.25) is 0 Å². The number of hydrogen-bond donors (Lipinski definition) is 1. The quantitative estimate of drug-likeness (QED) is 0.602. The molecule has 1 N–H and O–H groups in total. The molecule has 23 heavy (non-hydrogen) atoms. The van der Waals surface area contributed by atoms with Gasteiger partial charge in [-0.15, -0.1) is 0 Å². The maximum Gasteiger partial charge on any atom is 0.355 e. The van der Waals surface area contributed by atoms with E-state index in [1.165, 1.54) is 14.2 Å². The average Bonchev–Trinajstić information content (AvgIpc) is 2.95. The maximum absolute atomic E-state index is 12.9. The molecule has 1 unspecified atom stereocenters. The molecule has 0 fully saturated rings. The number of fused-ring (bicyclic) bond motifs is 1. The molecule has 7 heteroatoms. The summed E-state index contributed by atoms with van der Waals surface area (Å²) in [5.74, 6) is -0.476. The van der Waals surface area contributed by atoms with Gasteiger partial charge in [0.2, 0.25) is 0 Å². The Morgan fingerprint density at radius 2 is 1.87 bits per heavy atom. The van der Waals surface area contributed by atoms with Crippen molar-refractivity contribution >= 4 is 24.5 Å². The van der Waals surface area contributed by atoms with Gasteiger partial charge in [0.25, 0.3) is 0 Å². The van der Waals surface area contributed by atoms with Crippen molar-refractivity contribution in [3.05, 3.63) is 35.5 Å². The van der Waals surface area contributed by atoms with Crippen LogP contribution in [-0.2, 0) is 18.3 Å². The zero-order valence-electron chi connectivity index (χ0n) is 13.8. The van der Waals surface area contributed by atoms with Gasteiger partial charge >= 0.3 is 13.6 Å². The van der Waals surface area contributed by atoms with Gasteiger partial charge in [-0.05, 0) is 19.4 Å². The minimum Gasteiger partial charge on any atom is -0.461 e. The SMILES string of the molecule is CCOC(=O)c1[nH]c2ccccc2c1C(CC)P(=O)(OC)OC. The number of aromatic nitrogens is 1. The normalized spacial score (nSPS) is 13.2. The Kier molecular flexibility index (Phi) is 5.63. The first-order valence-corrected chi connectivity index (χ1v) is 9.12. The standard InChI is InChI=1S/C16H22NO5P/c1-5-13(23(19,20-3)21-4)14-11-9-7-8-10-12(11)17-15(14)16(18)22-6-2/h7-10,13,17H,5-6H2,1-4H3. The third-order valence-corrected chi connectivity index (χ3v) is 6.24. The lowest BCUT2D eigenvalue weighted by molar-refractivity contribution is 0.0519. The lowest BCUT2D eigenvalue weighted by atomic mass is 10.1. The molecule has 0 bridgehead atoms. The highest BCUT2D eigenvalue weighted by atomic mass is 31.2. The van der Waals surface area contributed by atoms with Crippen LogP contribution in [0.4, 0.5) is 0 Å². The molecule has 6 nitrogen and oxygen atoms in total. The third-order valence-electron chi connectivity index (χ3n) is 3.84. The lowest BCUT2D eigenvalue weighted by Gasteiger charge is -2.24. The Morgan fingerprint density at radius 1 is 1.22 bits per heavy atom. The van der Waals surface area contributed by atoms with Crippen molar-refractivity contribution in [1.29, 1.82) is 0 Å². The molecule has 0 saturated heterocycles. The summed E-state index contributed by atoms with van der Waals surface area (Å²) in [6, 6.07) is 7.47. The molecule has 0 aliphatic heterocycles. The van der Waals surface area contributed by atoms with E-state index in [4.69, 9.17) is 13.8 Å². The number of H-pyrrole nitrogens is 1. The van der Waals surface area contributed by atoms with Gasteiger partial charge in [-0.3, -0.25) is 4.57 Å². The summed E-state index contributed by atoms with van der Waals surface area (Å²) in [7, 11) is -0.692. The Morgan fingerprint density at radius 3 is 2.43 bits per heavy atom. The number of esters is 1. The Balaban J connectivity index is 2.71. The fourth-order valence-electron chi connectivity index (χ4n) is 2.79. The summed E-state index contributed by atoms with van der Waals surface area (Å²) in [6.45, 7) is 3.88. The molecule has 0 amide bonds. The number of ether oxygens (including phenoxy) is 1. The molecule has 1 atom stereocenters. The molecular weight excluding hydrogens is 317 g/mol. The smallest absolute Gasteiger partial charge is 0.355 e. The predicted octanol–water partition coefficient (Wildman–Crippen LogP) is 4.28. The molecular formula is C16H22NO5P. The number of benzene rings is 1. The number of nitrogens with one attached hydrogen (secondary N) is 1. The summed E-state index contributed by atoms with van der Waals surface area (Å²) < 4.78 is 28.4. The first kappa shape index (κ1) is 17.7. The van der Waals surface area contributed by atoms with Crippen molar-refractivity contribution in [3.8, 4) is 0 Å². The third kappa shape index (κ3) is 3.20. The molecule has 0 saturated carbocycles. The second-order valence-electron chi connectivity index (χ2n) is 5.01. The molecule has 2 rings (SSSR count). The molecule has 1 heterocycles. The summed E-state index contributed by atoms with van der Waals surface area (Å²) in [4.78, 5) is 15.4. The van der Waals surface area contributed by atoms with Crippen LogP contribution >= 0.6 is 7.60 Å². The molecule has 1 aromatic heterocycles. The molecule has 0 radical (unpaired) electrons. The number of rotatable bonds is 7. The largest absolute Gasteiger partial charge is 0.461 e. The van der Waals surface area contributed by atoms with Crippen molar-refractivity contribution in [1.82, 2.24) is 4.98 Å². The van der Waals surface area contributed by atoms with Crippen LogP contribution in [0.25, 0.3) is 10.9 Å². The first-order valence-electron chi connectivity index (χ1n) is 7.51. The van der Waals surface area contributed by atoms with Crippen LogP contribution < -0.4 is 0 Å². The molecule has 0 aliphatic carbocycles. The summed E-state index contributed by atoms with van der Waals surface area (Å²) in [5.41, 5.74) is 1.14. The van der Waals surface area contributed by atoms with Crippen molar-refractivity contribution in [2.45, 2.75) is 25.9 Å². The van der Waals surface area contributed by atoms with E-state index >= 15 is 0 Å².